The summed E-state index contributed by atoms with van der Waals surface area (Å²) in [6, 6.07) is 0.242. The van der Waals surface area contributed by atoms with E-state index in [-0.39, 0.29) is 11.5 Å². The first-order chi connectivity index (χ1) is 8.60. The molecule has 3 heteroatoms. The molecule has 0 radical (unpaired) electrons. The maximum Gasteiger partial charge on any atom is 0.236 e. The van der Waals surface area contributed by atoms with Crippen LogP contribution in [0, 0.1) is 5.41 Å². The summed E-state index contributed by atoms with van der Waals surface area (Å²) in [5, 5.41) is 0. The van der Waals surface area contributed by atoms with Gasteiger partial charge in [0.2, 0.25) is 5.91 Å². The molecule has 1 fully saturated rings. The number of hydrogen-bond donors (Lipinski definition) is 0. The number of carbonyl (C=O) groups excluding carboxylic acids is 1. The van der Waals surface area contributed by atoms with Crippen LogP contribution in [0.3, 0.4) is 0 Å². The number of amidine groups is 1. The van der Waals surface area contributed by atoms with Gasteiger partial charge >= 0.3 is 0 Å². The molecule has 0 aromatic heterocycles. The van der Waals surface area contributed by atoms with Crippen molar-refractivity contribution in [2.45, 2.75) is 71.8 Å². The fourth-order valence-electron chi connectivity index (χ4n) is 3.25. The summed E-state index contributed by atoms with van der Waals surface area (Å²) in [6.45, 7) is 7.14. The second-order valence-electron chi connectivity index (χ2n) is 6.09. The van der Waals surface area contributed by atoms with Gasteiger partial charge in [0, 0.05) is 12.5 Å². The zero-order valence-corrected chi connectivity index (χ0v) is 12.0. The zero-order valence-electron chi connectivity index (χ0n) is 12.0. The van der Waals surface area contributed by atoms with E-state index in [2.05, 4.69) is 20.8 Å². The van der Waals surface area contributed by atoms with Crippen LogP contribution in [0.5, 0.6) is 0 Å². The Morgan fingerprint density at radius 3 is 2.56 bits per heavy atom. The lowest BCUT2D eigenvalue weighted by molar-refractivity contribution is -0.139. The van der Waals surface area contributed by atoms with Crippen molar-refractivity contribution in [2.24, 2.45) is 10.4 Å². The van der Waals surface area contributed by atoms with E-state index in [1.54, 1.807) is 0 Å². The summed E-state index contributed by atoms with van der Waals surface area (Å²) in [5.74, 6) is 1.39. The minimum Gasteiger partial charge on any atom is -0.298 e. The van der Waals surface area contributed by atoms with Gasteiger partial charge in [-0.1, -0.05) is 26.2 Å². The van der Waals surface area contributed by atoms with Crippen LogP contribution in [0.1, 0.15) is 65.7 Å². The third-order valence-corrected chi connectivity index (χ3v) is 4.35. The number of unbranched alkanes of at least 4 members (excludes halogenated alkanes) is 1. The van der Waals surface area contributed by atoms with E-state index in [1.165, 1.54) is 12.8 Å². The molecule has 18 heavy (non-hydrogen) atoms. The number of amides is 1. The van der Waals surface area contributed by atoms with Gasteiger partial charge in [0.1, 0.15) is 5.84 Å². The summed E-state index contributed by atoms with van der Waals surface area (Å²) >= 11 is 0. The first kappa shape index (κ1) is 13.6. The minimum absolute atomic E-state index is 0.139. The van der Waals surface area contributed by atoms with Crippen molar-refractivity contribution >= 4 is 11.7 Å². The van der Waals surface area contributed by atoms with Gasteiger partial charge in [0.05, 0.1) is 12.0 Å². The lowest BCUT2D eigenvalue weighted by Gasteiger charge is -2.40. The Labute approximate surface area is 111 Å². The standard InChI is InChI=1S/C15H26N2O/c1-4-5-8-13-16-11-15(9-6-7-10-15)14(18)17(13)12(2)3/h12H,4-11H2,1-3H3. The molecule has 0 bridgehead atoms. The quantitative estimate of drug-likeness (QED) is 0.752. The zero-order chi connectivity index (χ0) is 13.2. The van der Waals surface area contributed by atoms with Gasteiger partial charge in [-0.2, -0.15) is 0 Å². The summed E-state index contributed by atoms with van der Waals surface area (Å²) in [5.41, 5.74) is -0.139. The Morgan fingerprint density at radius 1 is 1.33 bits per heavy atom. The average molecular weight is 250 g/mol. The molecule has 1 heterocycles. The third-order valence-electron chi connectivity index (χ3n) is 4.35. The van der Waals surface area contributed by atoms with Crippen molar-refractivity contribution in [3.8, 4) is 0 Å². The van der Waals surface area contributed by atoms with Crippen molar-refractivity contribution in [1.82, 2.24) is 4.90 Å². The Hall–Kier alpha value is -0.860. The highest BCUT2D eigenvalue weighted by atomic mass is 16.2. The van der Waals surface area contributed by atoms with E-state index in [1.807, 2.05) is 4.90 Å². The van der Waals surface area contributed by atoms with Gasteiger partial charge in [-0.25, -0.2) is 0 Å². The second kappa shape index (κ2) is 5.41. The molecule has 0 atom stereocenters. The maximum atomic E-state index is 12.8. The number of rotatable bonds is 4. The first-order valence-electron chi connectivity index (χ1n) is 7.48. The van der Waals surface area contributed by atoms with Crippen LogP contribution in [0.25, 0.3) is 0 Å². The Morgan fingerprint density at radius 2 is 2.00 bits per heavy atom. The first-order valence-corrected chi connectivity index (χ1v) is 7.48. The molecule has 0 aromatic rings. The number of aliphatic imine (C=N–C) groups is 1. The molecule has 2 aliphatic rings. The molecule has 1 amide bonds. The van der Waals surface area contributed by atoms with Crippen molar-refractivity contribution < 1.29 is 4.79 Å². The molecule has 102 valence electrons. The molecule has 0 saturated heterocycles. The van der Waals surface area contributed by atoms with Crippen LogP contribution in [-0.2, 0) is 4.79 Å². The number of carbonyl (C=O) groups is 1. The molecule has 1 spiro atoms. The van der Waals surface area contributed by atoms with Crippen LogP contribution in [0.15, 0.2) is 4.99 Å². The number of nitrogens with zero attached hydrogens (tertiary/aromatic N) is 2. The maximum absolute atomic E-state index is 12.8. The van der Waals surface area contributed by atoms with Gasteiger partial charge in [-0.15, -0.1) is 0 Å². The Bertz CT molecular complexity index is 340. The second-order valence-corrected chi connectivity index (χ2v) is 6.09. The fourth-order valence-corrected chi connectivity index (χ4v) is 3.25. The van der Waals surface area contributed by atoms with Gasteiger partial charge in [0.25, 0.3) is 0 Å². The van der Waals surface area contributed by atoms with Crippen LogP contribution < -0.4 is 0 Å². The SMILES string of the molecule is CCCCC1=NCC2(CCCC2)C(=O)N1C(C)C. The van der Waals surface area contributed by atoms with Gasteiger partial charge in [-0.05, 0) is 33.1 Å². The summed E-state index contributed by atoms with van der Waals surface area (Å²) in [6.07, 6.45) is 7.71. The monoisotopic (exact) mass is 250 g/mol. The molecule has 3 nitrogen and oxygen atoms in total. The van der Waals surface area contributed by atoms with E-state index in [0.29, 0.717) is 5.91 Å². The van der Waals surface area contributed by atoms with Gasteiger partial charge < -0.3 is 0 Å². The molecule has 1 aliphatic heterocycles. The summed E-state index contributed by atoms with van der Waals surface area (Å²) in [4.78, 5) is 19.6. The molecular weight excluding hydrogens is 224 g/mol. The third kappa shape index (κ3) is 2.32. The normalized spacial score (nSPS) is 23.0. The van der Waals surface area contributed by atoms with Crippen LogP contribution in [-0.4, -0.2) is 29.2 Å². The highest BCUT2D eigenvalue weighted by Gasteiger charge is 2.47. The van der Waals surface area contributed by atoms with E-state index < -0.39 is 0 Å². The highest BCUT2D eigenvalue weighted by Crippen LogP contribution is 2.42. The predicted octanol–water partition coefficient (Wildman–Crippen LogP) is 3.39. The van der Waals surface area contributed by atoms with Crippen molar-refractivity contribution in [1.29, 1.82) is 0 Å². The van der Waals surface area contributed by atoms with Crippen LogP contribution in [0.2, 0.25) is 0 Å². The van der Waals surface area contributed by atoms with Crippen LogP contribution in [0.4, 0.5) is 0 Å². The number of hydrogen-bond acceptors (Lipinski definition) is 2. The van der Waals surface area contributed by atoms with Crippen molar-refractivity contribution in [3.05, 3.63) is 0 Å². The van der Waals surface area contributed by atoms with Crippen molar-refractivity contribution in [3.63, 3.8) is 0 Å². The lowest BCUT2D eigenvalue weighted by Crippen LogP contribution is -2.53. The Balaban J connectivity index is 2.21. The van der Waals surface area contributed by atoms with Gasteiger partial charge in [-0.3, -0.25) is 14.7 Å². The molecule has 1 aliphatic carbocycles. The predicted molar refractivity (Wildman–Crippen MR) is 74.7 cm³/mol. The van der Waals surface area contributed by atoms with E-state index >= 15 is 0 Å². The van der Waals surface area contributed by atoms with E-state index in [4.69, 9.17) is 4.99 Å². The topological polar surface area (TPSA) is 32.7 Å². The largest absolute Gasteiger partial charge is 0.298 e. The summed E-state index contributed by atoms with van der Waals surface area (Å²) < 4.78 is 0. The molecular formula is C15H26N2O. The van der Waals surface area contributed by atoms with Crippen molar-refractivity contribution in [2.75, 3.05) is 6.54 Å². The molecule has 0 aromatic carbocycles. The minimum atomic E-state index is -0.139. The molecule has 0 N–H and O–H groups in total. The summed E-state index contributed by atoms with van der Waals surface area (Å²) in [7, 11) is 0. The molecule has 2 rings (SSSR count). The molecule has 1 saturated carbocycles. The van der Waals surface area contributed by atoms with E-state index in [0.717, 1.165) is 44.5 Å². The van der Waals surface area contributed by atoms with E-state index in [9.17, 15) is 4.79 Å². The fraction of sp³-hybridized carbons (Fsp3) is 0.867. The van der Waals surface area contributed by atoms with Crippen LogP contribution >= 0.6 is 0 Å². The van der Waals surface area contributed by atoms with Gasteiger partial charge in [0.15, 0.2) is 0 Å². The average Bonchev–Trinajstić information content (AvgIpc) is 2.80. The lowest BCUT2D eigenvalue weighted by atomic mass is 9.82. The smallest absolute Gasteiger partial charge is 0.236 e. The highest BCUT2D eigenvalue weighted by molar-refractivity contribution is 6.03. The molecule has 0 unspecified atom stereocenters. The Kier molecular flexibility index (Phi) is 4.08.